The van der Waals surface area contributed by atoms with Crippen molar-refractivity contribution in [1.82, 2.24) is 19.8 Å². The lowest BCUT2D eigenvalue weighted by Crippen LogP contribution is -2.56. The zero-order valence-electron chi connectivity index (χ0n) is 20.5. The minimum absolute atomic E-state index is 0.0435. The molecule has 0 aliphatic carbocycles. The lowest BCUT2D eigenvalue weighted by Gasteiger charge is -2.45. The summed E-state index contributed by atoms with van der Waals surface area (Å²) in [4.78, 5) is 45.7. The normalized spacial score (nSPS) is 15.3. The first-order chi connectivity index (χ1) is 17.1. The van der Waals surface area contributed by atoms with Gasteiger partial charge >= 0.3 is 0 Å². The molecule has 1 aromatic carbocycles. The van der Waals surface area contributed by atoms with Crippen molar-refractivity contribution in [3.05, 3.63) is 69.1 Å². The van der Waals surface area contributed by atoms with Crippen molar-refractivity contribution in [3.63, 3.8) is 0 Å². The molecule has 1 atom stereocenters. The van der Waals surface area contributed by atoms with Gasteiger partial charge in [0.25, 0.3) is 11.5 Å². The van der Waals surface area contributed by atoms with Crippen LogP contribution in [0.3, 0.4) is 0 Å². The van der Waals surface area contributed by atoms with Crippen LogP contribution in [0.1, 0.15) is 36.7 Å². The molecule has 3 heterocycles. The number of aliphatic hydroxyl groups is 1. The summed E-state index contributed by atoms with van der Waals surface area (Å²) in [6.45, 7) is 7.03. The number of anilines is 1. The highest BCUT2D eigenvalue weighted by atomic mass is 35.5. The predicted molar refractivity (Wildman–Crippen MR) is 139 cm³/mol. The Morgan fingerprint density at radius 1 is 1.19 bits per heavy atom. The van der Waals surface area contributed by atoms with Crippen LogP contribution in [-0.4, -0.2) is 57.1 Å². The molecule has 3 N–H and O–H groups in total. The first kappa shape index (κ1) is 25.7. The van der Waals surface area contributed by atoms with Gasteiger partial charge in [-0.2, -0.15) is 0 Å². The zero-order chi connectivity index (χ0) is 26.0. The average Bonchev–Trinajstić information content (AvgIpc) is 2.83. The molecule has 1 fully saturated rings. The lowest BCUT2D eigenvalue weighted by molar-refractivity contribution is -0.142. The first-order valence-electron chi connectivity index (χ1n) is 11.8. The van der Waals surface area contributed by atoms with Gasteiger partial charge in [-0.25, -0.2) is 4.98 Å². The quantitative estimate of drug-likeness (QED) is 0.428. The van der Waals surface area contributed by atoms with E-state index in [2.05, 4.69) is 29.5 Å². The monoisotopic (exact) mass is 511 g/mol. The number of amides is 2. The number of fused-ring (bicyclic) bond motifs is 1. The molecule has 0 spiro atoms. The third-order valence-electron chi connectivity index (χ3n) is 6.16. The van der Waals surface area contributed by atoms with Crippen LogP contribution in [0.4, 0.5) is 5.69 Å². The summed E-state index contributed by atoms with van der Waals surface area (Å²) in [7, 11) is 0. The minimum atomic E-state index is -0.593. The van der Waals surface area contributed by atoms with Crippen LogP contribution in [0.25, 0.3) is 11.0 Å². The van der Waals surface area contributed by atoms with Gasteiger partial charge in [-0.3, -0.25) is 19.0 Å². The second kappa shape index (κ2) is 10.3. The largest absolute Gasteiger partial charge is 0.394 e. The van der Waals surface area contributed by atoms with Gasteiger partial charge in [0.05, 0.1) is 6.61 Å². The van der Waals surface area contributed by atoms with Crippen molar-refractivity contribution < 1.29 is 14.7 Å². The van der Waals surface area contributed by atoms with E-state index < -0.39 is 11.5 Å². The highest BCUT2D eigenvalue weighted by Gasteiger charge is 2.37. The van der Waals surface area contributed by atoms with Crippen LogP contribution in [0, 0.1) is 5.41 Å². The lowest BCUT2D eigenvalue weighted by atomic mass is 9.84. The number of aromatic nitrogens is 2. The van der Waals surface area contributed by atoms with Crippen LogP contribution < -0.4 is 16.2 Å². The molecule has 1 aliphatic rings. The van der Waals surface area contributed by atoms with E-state index in [4.69, 9.17) is 11.6 Å². The standard InChI is InChI=1S/C26H30ClN5O4/c1-16(13-33)30-21-8-9-28-23-19(21)10-20(24(35)29-11-17-4-6-18(27)7-5-17)25(36)32(23)12-22(34)31-14-26(2,3)15-31/h4-10,16,33H,11-15H2,1-3H3,(H,28,30)(H,29,35). The number of hydrogen-bond donors (Lipinski definition) is 3. The molecule has 10 heteroatoms. The number of aliphatic hydroxyl groups excluding tert-OH is 1. The smallest absolute Gasteiger partial charge is 0.265 e. The van der Waals surface area contributed by atoms with E-state index >= 15 is 0 Å². The third kappa shape index (κ3) is 5.52. The fourth-order valence-corrected chi connectivity index (χ4v) is 4.42. The molecule has 0 bridgehead atoms. The van der Waals surface area contributed by atoms with E-state index in [1.807, 2.05) is 0 Å². The number of benzene rings is 1. The maximum Gasteiger partial charge on any atom is 0.265 e. The van der Waals surface area contributed by atoms with E-state index in [0.717, 1.165) is 5.56 Å². The summed E-state index contributed by atoms with van der Waals surface area (Å²) in [6, 6.07) is 9.94. The number of hydrogen-bond acceptors (Lipinski definition) is 6. The Morgan fingerprint density at radius 2 is 1.89 bits per heavy atom. The summed E-state index contributed by atoms with van der Waals surface area (Å²) < 4.78 is 1.26. The van der Waals surface area contributed by atoms with E-state index in [1.54, 1.807) is 42.2 Å². The van der Waals surface area contributed by atoms with Gasteiger partial charge < -0.3 is 20.6 Å². The number of nitrogens with zero attached hydrogens (tertiary/aromatic N) is 3. The number of rotatable bonds is 8. The van der Waals surface area contributed by atoms with Crippen molar-refractivity contribution >= 4 is 40.1 Å². The fraction of sp³-hybridized carbons (Fsp3) is 0.385. The number of halogens is 1. The van der Waals surface area contributed by atoms with Crippen molar-refractivity contribution in [3.8, 4) is 0 Å². The molecule has 1 saturated heterocycles. The molecule has 36 heavy (non-hydrogen) atoms. The molecule has 4 rings (SSSR count). The van der Waals surface area contributed by atoms with Crippen molar-refractivity contribution in [2.24, 2.45) is 5.41 Å². The Hall–Kier alpha value is -3.43. The minimum Gasteiger partial charge on any atom is -0.394 e. The Labute approximate surface area is 214 Å². The summed E-state index contributed by atoms with van der Waals surface area (Å²) in [5.74, 6) is -0.770. The van der Waals surface area contributed by atoms with E-state index in [-0.39, 0.29) is 48.3 Å². The molecule has 2 amide bonds. The molecule has 0 saturated carbocycles. The second-order valence-corrected chi connectivity index (χ2v) is 10.4. The molecular formula is C26H30ClN5O4. The van der Waals surface area contributed by atoms with Gasteiger partial charge in [0.15, 0.2) is 0 Å². The highest BCUT2D eigenvalue weighted by Crippen LogP contribution is 2.29. The Bertz CT molecular complexity index is 1340. The van der Waals surface area contributed by atoms with Gasteiger partial charge in [-0.05, 0) is 42.2 Å². The number of carbonyl (C=O) groups excluding carboxylic acids is 2. The van der Waals surface area contributed by atoms with Gasteiger partial charge in [-0.15, -0.1) is 0 Å². The van der Waals surface area contributed by atoms with Gasteiger partial charge in [-0.1, -0.05) is 37.6 Å². The fourth-order valence-electron chi connectivity index (χ4n) is 4.29. The molecular weight excluding hydrogens is 482 g/mol. The zero-order valence-corrected chi connectivity index (χ0v) is 21.3. The van der Waals surface area contributed by atoms with E-state index in [9.17, 15) is 19.5 Å². The maximum absolute atomic E-state index is 13.5. The molecule has 1 aliphatic heterocycles. The molecule has 2 aromatic heterocycles. The topological polar surface area (TPSA) is 117 Å². The van der Waals surface area contributed by atoms with Crippen LogP contribution in [-0.2, 0) is 17.9 Å². The van der Waals surface area contributed by atoms with Crippen molar-refractivity contribution in [1.29, 1.82) is 0 Å². The first-order valence-corrected chi connectivity index (χ1v) is 12.2. The Balaban J connectivity index is 1.71. The summed E-state index contributed by atoms with van der Waals surface area (Å²) in [5, 5.41) is 16.5. The molecule has 3 aromatic rings. The highest BCUT2D eigenvalue weighted by molar-refractivity contribution is 6.30. The second-order valence-electron chi connectivity index (χ2n) is 10.00. The number of likely N-dealkylation sites (tertiary alicyclic amines) is 1. The summed E-state index contributed by atoms with van der Waals surface area (Å²) in [5.41, 5.74) is 1.06. The SMILES string of the molecule is CC(CO)Nc1ccnc2c1cc(C(=O)NCc1ccc(Cl)cc1)c(=O)n2CC(=O)N1CC(C)(C)C1. The van der Waals surface area contributed by atoms with Crippen molar-refractivity contribution in [2.45, 2.75) is 39.9 Å². The number of nitrogens with one attached hydrogen (secondary N) is 2. The predicted octanol–water partition coefficient (Wildman–Crippen LogP) is 2.64. The van der Waals surface area contributed by atoms with Crippen molar-refractivity contribution in [2.75, 3.05) is 25.0 Å². The maximum atomic E-state index is 13.5. The number of pyridine rings is 2. The van der Waals surface area contributed by atoms with Gasteiger partial charge in [0, 0.05) is 48.0 Å². The molecule has 9 nitrogen and oxygen atoms in total. The van der Waals surface area contributed by atoms with E-state index in [0.29, 0.717) is 29.2 Å². The molecule has 0 radical (unpaired) electrons. The van der Waals surface area contributed by atoms with Crippen LogP contribution in [0.5, 0.6) is 0 Å². The molecule has 190 valence electrons. The van der Waals surface area contributed by atoms with Gasteiger partial charge in [0.1, 0.15) is 17.8 Å². The summed E-state index contributed by atoms with van der Waals surface area (Å²) in [6.07, 6.45) is 1.53. The average molecular weight is 512 g/mol. The summed E-state index contributed by atoms with van der Waals surface area (Å²) >= 11 is 5.93. The van der Waals surface area contributed by atoms with Crippen LogP contribution in [0.15, 0.2) is 47.4 Å². The van der Waals surface area contributed by atoms with Crippen LogP contribution in [0.2, 0.25) is 5.02 Å². The molecule has 1 unspecified atom stereocenters. The van der Waals surface area contributed by atoms with Gasteiger partial charge in [0.2, 0.25) is 5.91 Å². The Morgan fingerprint density at radius 3 is 2.53 bits per heavy atom. The third-order valence-corrected chi connectivity index (χ3v) is 6.41. The van der Waals surface area contributed by atoms with Crippen LogP contribution >= 0.6 is 11.6 Å². The van der Waals surface area contributed by atoms with E-state index in [1.165, 1.54) is 16.8 Å². The number of carbonyl (C=O) groups is 2. The Kier molecular flexibility index (Phi) is 7.33.